The monoisotopic (exact) mass is 253 g/mol. The van der Waals surface area contributed by atoms with Gasteiger partial charge < -0.3 is 9.84 Å². The summed E-state index contributed by atoms with van der Waals surface area (Å²) in [6, 6.07) is 15.8. The molecule has 0 fully saturated rings. The molecule has 0 unspecified atom stereocenters. The molecule has 0 aromatic heterocycles. The van der Waals surface area contributed by atoms with Gasteiger partial charge in [0.05, 0.1) is 12.0 Å². The topological polar surface area (TPSA) is 70.3 Å². The van der Waals surface area contributed by atoms with Crippen LogP contribution in [0.2, 0.25) is 0 Å². The molecule has 0 aliphatic carbocycles. The zero-order chi connectivity index (χ0) is 13.7. The van der Waals surface area contributed by atoms with Gasteiger partial charge in [-0.3, -0.25) is 4.79 Å². The molecule has 0 amide bonds. The Bertz CT molecular complexity index is 644. The lowest BCUT2D eigenvalue weighted by atomic mass is 10.1. The van der Waals surface area contributed by atoms with E-state index in [1.54, 1.807) is 48.5 Å². The minimum absolute atomic E-state index is 0.0584. The maximum absolute atomic E-state index is 10.7. The number of aliphatic carboxylic acids is 1. The zero-order valence-corrected chi connectivity index (χ0v) is 10.0. The van der Waals surface area contributed by atoms with E-state index < -0.39 is 5.97 Å². The van der Waals surface area contributed by atoms with Crippen molar-refractivity contribution in [3.63, 3.8) is 0 Å². The molecule has 0 radical (unpaired) electrons. The van der Waals surface area contributed by atoms with Crippen LogP contribution in [0.25, 0.3) is 0 Å². The predicted molar refractivity (Wildman–Crippen MR) is 69.0 cm³/mol. The summed E-state index contributed by atoms with van der Waals surface area (Å²) in [4.78, 5) is 10.7. The van der Waals surface area contributed by atoms with Crippen LogP contribution in [0.15, 0.2) is 48.5 Å². The number of rotatable bonds is 4. The van der Waals surface area contributed by atoms with Crippen molar-refractivity contribution >= 4 is 5.97 Å². The highest BCUT2D eigenvalue weighted by atomic mass is 16.5. The van der Waals surface area contributed by atoms with Gasteiger partial charge in [-0.1, -0.05) is 24.3 Å². The Hall–Kier alpha value is -2.80. The molecule has 0 aliphatic heterocycles. The molecule has 0 heterocycles. The van der Waals surface area contributed by atoms with Gasteiger partial charge in [0.2, 0.25) is 0 Å². The number of nitriles is 1. The van der Waals surface area contributed by atoms with Gasteiger partial charge in [-0.15, -0.1) is 0 Å². The summed E-state index contributed by atoms with van der Waals surface area (Å²) in [6.07, 6.45) is -0.0584. The van der Waals surface area contributed by atoms with Crippen LogP contribution >= 0.6 is 0 Å². The van der Waals surface area contributed by atoms with E-state index >= 15 is 0 Å². The van der Waals surface area contributed by atoms with E-state index in [2.05, 4.69) is 0 Å². The van der Waals surface area contributed by atoms with Gasteiger partial charge in [0, 0.05) is 0 Å². The molecule has 94 valence electrons. The van der Waals surface area contributed by atoms with Crippen molar-refractivity contribution in [2.45, 2.75) is 6.42 Å². The molecule has 0 saturated heterocycles. The van der Waals surface area contributed by atoms with E-state index in [9.17, 15) is 4.79 Å². The second-order valence-corrected chi connectivity index (χ2v) is 3.93. The van der Waals surface area contributed by atoms with Gasteiger partial charge in [0.25, 0.3) is 0 Å². The molecule has 1 N–H and O–H groups in total. The number of ether oxygens (including phenoxy) is 1. The highest BCUT2D eigenvalue weighted by molar-refractivity contribution is 5.70. The first kappa shape index (κ1) is 12.7. The minimum atomic E-state index is -0.894. The van der Waals surface area contributed by atoms with Gasteiger partial charge in [0.1, 0.15) is 17.6 Å². The van der Waals surface area contributed by atoms with Crippen LogP contribution in [-0.4, -0.2) is 11.1 Å². The molecule has 2 rings (SSSR count). The summed E-state index contributed by atoms with van der Waals surface area (Å²) in [5.41, 5.74) is 1.09. The van der Waals surface area contributed by atoms with E-state index in [-0.39, 0.29) is 6.42 Å². The molecular formula is C15H11NO3. The molecule has 0 spiro atoms. The Labute approximate surface area is 110 Å². The molecule has 2 aromatic rings. The molecule has 2 aromatic carbocycles. The van der Waals surface area contributed by atoms with Gasteiger partial charge in [0.15, 0.2) is 0 Å². The van der Waals surface area contributed by atoms with Crippen LogP contribution in [0, 0.1) is 11.3 Å². The third kappa shape index (κ3) is 3.33. The van der Waals surface area contributed by atoms with Crippen LogP contribution in [0.4, 0.5) is 0 Å². The number of nitrogens with zero attached hydrogens (tertiary/aromatic N) is 1. The highest BCUT2D eigenvalue weighted by Crippen LogP contribution is 2.25. The average Bonchev–Trinajstić information content (AvgIpc) is 2.39. The molecule has 0 aliphatic rings. The van der Waals surface area contributed by atoms with E-state index in [4.69, 9.17) is 15.1 Å². The molecule has 4 heteroatoms. The number of hydrogen-bond acceptors (Lipinski definition) is 3. The van der Waals surface area contributed by atoms with E-state index in [0.717, 1.165) is 0 Å². The van der Waals surface area contributed by atoms with Gasteiger partial charge in [-0.2, -0.15) is 5.26 Å². The van der Waals surface area contributed by atoms with Crippen molar-refractivity contribution < 1.29 is 14.6 Å². The Balaban J connectivity index is 2.24. The standard InChI is InChI=1S/C15H11NO3/c16-10-12-5-1-2-7-14(12)19-13-6-3-4-11(8-13)9-15(17)18/h1-8H,9H2,(H,17,18). The molecular weight excluding hydrogens is 242 g/mol. The van der Waals surface area contributed by atoms with E-state index in [0.29, 0.717) is 22.6 Å². The van der Waals surface area contributed by atoms with Crippen LogP contribution < -0.4 is 4.74 Å². The number of carboxylic acid groups (broad SMARTS) is 1. The first-order valence-corrected chi connectivity index (χ1v) is 5.67. The fraction of sp³-hybridized carbons (Fsp3) is 0.0667. The average molecular weight is 253 g/mol. The highest BCUT2D eigenvalue weighted by Gasteiger charge is 2.05. The van der Waals surface area contributed by atoms with Crippen molar-refractivity contribution in [2.75, 3.05) is 0 Å². The maximum Gasteiger partial charge on any atom is 0.307 e. The quantitative estimate of drug-likeness (QED) is 0.909. The molecule has 0 saturated carbocycles. The van der Waals surface area contributed by atoms with Crippen LogP contribution in [0.1, 0.15) is 11.1 Å². The van der Waals surface area contributed by atoms with Crippen molar-refractivity contribution in [1.29, 1.82) is 5.26 Å². The Morgan fingerprint density at radius 1 is 1.21 bits per heavy atom. The van der Waals surface area contributed by atoms with E-state index in [1.807, 2.05) is 6.07 Å². The smallest absolute Gasteiger partial charge is 0.307 e. The Morgan fingerprint density at radius 2 is 2.00 bits per heavy atom. The fourth-order valence-corrected chi connectivity index (χ4v) is 1.67. The predicted octanol–water partition coefficient (Wildman–Crippen LogP) is 2.98. The number of hydrogen-bond donors (Lipinski definition) is 1. The fourth-order valence-electron chi connectivity index (χ4n) is 1.67. The zero-order valence-electron chi connectivity index (χ0n) is 10.0. The number of carbonyl (C=O) groups is 1. The van der Waals surface area contributed by atoms with Crippen LogP contribution in [0.3, 0.4) is 0 Å². The molecule has 19 heavy (non-hydrogen) atoms. The summed E-state index contributed by atoms with van der Waals surface area (Å²) in [7, 11) is 0. The lowest BCUT2D eigenvalue weighted by molar-refractivity contribution is -0.136. The van der Waals surface area contributed by atoms with E-state index in [1.165, 1.54) is 0 Å². The summed E-state index contributed by atoms with van der Waals surface area (Å²) < 4.78 is 5.61. The molecule has 0 bridgehead atoms. The van der Waals surface area contributed by atoms with Gasteiger partial charge >= 0.3 is 5.97 Å². The summed E-state index contributed by atoms with van der Waals surface area (Å²) in [5, 5.41) is 17.7. The summed E-state index contributed by atoms with van der Waals surface area (Å²) >= 11 is 0. The lowest BCUT2D eigenvalue weighted by Gasteiger charge is -2.08. The maximum atomic E-state index is 10.7. The molecule has 4 nitrogen and oxygen atoms in total. The number of carboxylic acids is 1. The molecule has 0 atom stereocenters. The summed E-state index contributed by atoms with van der Waals surface area (Å²) in [5.74, 6) is 0.0773. The van der Waals surface area contributed by atoms with Gasteiger partial charge in [-0.05, 0) is 29.8 Å². The van der Waals surface area contributed by atoms with Crippen molar-refractivity contribution in [3.05, 3.63) is 59.7 Å². The summed E-state index contributed by atoms with van der Waals surface area (Å²) in [6.45, 7) is 0. The Kier molecular flexibility index (Phi) is 3.79. The van der Waals surface area contributed by atoms with Crippen molar-refractivity contribution in [3.8, 4) is 17.6 Å². The Morgan fingerprint density at radius 3 is 2.74 bits per heavy atom. The first-order valence-electron chi connectivity index (χ1n) is 5.67. The largest absolute Gasteiger partial charge is 0.481 e. The normalized spacial score (nSPS) is 9.63. The SMILES string of the molecule is N#Cc1ccccc1Oc1cccc(CC(=O)O)c1. The van der Waals surface area contributed by atoms with Crippen LogP contribution in [0.5, 0.6) is 11.5 Å². The third-order valence-corrected chi connectivity index (χ3v) is 2.49. The number of para-hydroxylation sites is 1. The third-order valence-electron chi connectivity index (χ3n) is 2.49. The van der Waals surface area contributed by atoms with Crippen molar-refractivity contribution in [2.24, 2.45) is 0 Å². The van der Waals surface area contributed by atoms with Gasteiger partial charge in [-0.25, -0.2) is 0 Å². The van der Waals surface area contributed by atoms with Crippen molar-refractivity contribution in [1.82, 2.24) is 0 Å². The van der Waals surface area contributed by atoms with Crippen LogP contribution in [-0.2, 0) is 11.2 Å². The second kappa shape index (κ2) is 5.69. The first-order chi connectivity index (χ1) is 9.19. The minimum Gasteiger partial charge on any atom is -0.481 e. The second-order valence-electron chi connectivity index (χ2n) is 3.93. The lowest BCUT2D eigenvalue weighted by Crippen LogP contribution is -1.99. The number of benzene rings is 2.